The van der Waals surface area contributed by atoms with E-state index in [9.17, 15) is 12.8 Å². The number of rotatable bonds is 5. The minimum atomic E-state index is -3.09. The smallest absolute Gasteiger partial charge is 0.164 e. The number of fused-ring (bicyclic) bond motifs is 1. The number of aliphatic imine (C=N–C) groups is 1. The minimum absolute atomic E-state index is 0.0813. The zero-order chi connectivity index (χ0) is 19.7. The van der Waals surface area contributed by atoms with E-state index >= 15 is 0 Å². The summed E-state index contributed by atoms with van der Waals surface area (Å²) in [6, 6.07) is 13.6. The van der Waals surface area contributed by atoms with Gasteiger partial charge in [-0.05, 0) is 48.4 Å². The second-order valence-electron chi connectivity index (χ2n) is 6.92. The zero-order valence-electron chi connectivity index (χ0n) is 15.4. The second-order valence-corrected chi connectivity index (χ2v) is 10.1. The van der Waals surface area contributed by atoms with Gasteiger partial charge in [-0.2, -0.15) is 0 Å². The van der Waals surface area contributed by atoms with Crippen molar-refractivity contribution in [3.63, 3.8) is 0 Å². The summed E-state index contributed by atoms with van der Waals surface area (Å²) >= 11 is 1.61. The Morgan fingerprint density at radius 2 is 1.86 bits per heavy atom. The molecule has 0 bridgehead atoms. The number of sulfone groups is 1. The molecule has 0 radical (unpaired) electrons. The Hall–Kier alpha value is -2.06. The minimum Gasteiger partial charge on any atom is -0.497 e. The van der Waals surface area contributed by atoms with E-state index in [4.69, 9.17) is 9.73 Å². The Bertz CT molecular complexity index is 976. The number of halogens is 1. The van der Waals surface area contributed by atoms with Crippen LogP contribution in [0.15, 0.2) is 53.5 Å². The van der Waals surface area contributed by atoms with Crippen molar-refractivity contribution in [2.45, 2.75) is 18.5 Å². The van der Waals surface area contributed by atoms with Gasteiger partial charge in [0.05, 0.1) is 30.7 Å². The zero-order valence-corrected chi connectivity index (χ0v) is 17.0. The third-order valence-electron chi connectivity index (χ3n) is 4.99. The quantitative estimate of drug-likeness (QED) is 0.744. The fourth-order valence-electron chi connectivity index (χ4n) is 3.59. The summed E-state index contributed by atoms with van der Waals surface area (Å²) in [5.74, 6) is 1.49. The predicted molar refractivity (Wildman–Crippen MR) is 112 cm³/mol. The number of anilines is 1. The number of benzene rings is 2. The van der Waals surface area contributed by atoms with E-state index in [-0.39, 0.29) is 29.4 Å². The topological polar surface area (TPSA) is 59.0 Å². The number of aryl methyl sites for hydroxylation is 1. The molecule has 8 heteroatoms. The summed E-state index contributed by atoms with van der Waals surface area (Å²) in [4.78, 5) is 6.66. The summed E-state index contributed by atoms with van der Waals surface area (Å²) in [5.41, 5.74) is 1.98. The Morgan fingerprint density at radius 1 is 1.14 bits per heavy atom. The van der Waals surface area contributed by atoms with E-state index < -0.39 is 9.84 Å². The third-order valence-corrected chi connectivity index (χ3v) is 7.66. The van der Waals surface area contributed by atoms with Crippen LogP contribution in [0.5, 0.6) is 5.75 Å². The lowest BCUT2D eigenvalue weighted by molar-refractivity contribution is 0.414. The molecule has 0 aliphatic carbocycles. The first-order valence-corrected chi connectivity index (χ1v) is 11.8. The van der Waals surface area contributed by atoms with E-state index in [0.717, 1.165) is 28.8 Å². The van der Waals surface area contributed by atoms with Crippen molar-refractivity contribution in [1.82, 2.24) is 0 Å². The highest BCUT2D eigenvalue weighted by atomic mass is 32.2. The molecule has 0 unspecified atom stereocenters. The van der Waals surface area contributed by atoms with E-state index in [1.807, 2.05) is 29.2 Å². The molecule has 0 spiro atoms. The van der Waals surface area contributed by atoms with E-state index in [2.05, 4.69) is 0 Å². The molecule has 2 aliphatic rings. The summed E-state index contributed by atoms with van der Waals surface area (Å²) in [5, 5.41) is 0.810. The van der Waals surface area contributed by atoms with Crippen molar-refractivity contribution in [3.05, 3.63) is 59.9 Å². The molecule has 2 aliphatic heterocycles. The van der Waals surface area contributed by atoms with Gasteiger partial charge in [0, 0.05) is 11.4 Å². The maximum absolute atomic E-state index is 13.3. The Morgan fingerprint density at radius 3 is 2.54 bits per heavy atom. The highest BCUT2D eigenvalue weighted by molar-refractivity contribution is 8.14. The van der Waals surface area contributed by atoms with E-state index in [1.165, 1.54) is 17.7 Å². The average molecular weight is 421 g/mol. The van der Waals surface area contributed by atoms with Crippen LogP contribution in [0.2, 0.25) is 0 Å². The van der Waals surface area contributed by atoms with Crippen LogP contribution < -0.4 is 9.64 Å². The molecule has 2 atom stereocenters. The van der Waals surface area contributed by atoms with Crippen molar-refractivity contribution in [3.8, 4) is 5.75 Å². The predicted octanol–water partition coefficient (Wildman–Crippen LogP) is 3.15. The highest BCUT2D eigenvalue weighted by Crippen LogP contribution is 2.35. The standard InChI is InChI=1S/C20H21FN2O3S2/c1-26-17-8-2-14(3-9-17)10-11-27-20-22-18-12-28(24,25)13-19(18)23(20)16-6-4-15(21)5-7-16/h2-9,18-19H,10-13H2,1H3/t18-,19+/m0/s1. The molecule has 0 aromatic heterocycles. The molecule has 0 N–H and O–H groups in total. The normalized spacial score (nSPS) is 22.8. The van der Waals surface area contributed by atoms with Crippen LogP contribution in [0.3, 0.4) is 0 Å². The van der Waals surface area contributed by atoms with Crippen LogP contribution in [-0.2, 0) is 16.3 Å². The number of ether oxygens (including phenoxy) is 1. The molecular formula is C20H21FN2O3S2. The van der Waals surface area contributed by atoms with Gasteiger partial charge in [-0.25, -0.2) is 12.8 Å². The van der Waals surface area contributed by atoms with Crippen LogP contribution in [-0.4, -0.2) is 50.0 Å². The lowest BCUT2D eigenvalue weighted by Gasteiger charge is -2.26. The van der Waals surface area contributed by atoms with Crippen LogP contribution in [0.4, 0.5) is 10.1 Å². The number of methoxy groups -OCH3 is 1. The number of hydrogen-bond acceptors (Lipinski definition) is 6. The SMILES string of the molecule is COc1ccc(CCSC2=N[C@H]3CS(=O)(=O)C[C@H]3N2c2ccc(F)cc2)cc1. The number of thioether (sulfide) groups is 1. The maximum Gasteiger partial charge on any atom is 0.164 e. The van der Waals surface area contributed by atoms with Crippen LogP contribution >= 0.6 is 11.8 Å². The van der Waals surface area contributed by atoms with Crippen LogP contribution in [0.1, 0.15) is 5.56 Å². The van der Waals surface area contributed by atoms with Crippen molar-refractivity contribution >= 4 is 32.5 Å². The first kappa shape index (κ1) is 19.3. The van der Waals surface area contributed by atoms with E-state index in [0.29, 0.717) is 0 Å². The van der Waals surface area contributed by atoms with Gasteiger partial charge in [0.1, 0.15) is 11.6 Å². The van der Waals surface area contributed by atoms with Gasteiger partial charge in [0.25, 0.3) is 0 Å². The maximum atomic E-state index is 13.3. The third kappa shape index (κ3) is 4.03. The van der Waals surface area contributed by atoms with Gasteiger partial charge in [0.15, 0.2) is 15.0 Å². The average Bonchev–Trinajstić information content (AvgIpc) is 3.14. The van der Waals surface area contributed by atoms with E-state index in [1.54, 1.807) is 31.0 Å². The van der Waals surface area contributed by atoms with Gasteiger partial charge >= 0.3 is 0 Å². The fourth-order valence-corrected chi connectivity index (χ4v) is 6.54. The highest BCUT2D eigenvalue weighted by Gasteiger charge is 2.47. The van der Waals surface area contributed by atoms with Gasteiger partial charge in [-0.3, -0.25) is 4.99 Å². The first-order chi connectivity index (χ1) is 13.4. The van der Waals surface area contributed by atoms with Gasteiger partial charge in [-0.15, -0.1) is 0 Å². The van der Waals surface area contributed by atoms with Crippen molar-refractivity contribution in [2.75, 3.05) is 29.3 Å². The van der Waals surface area contributed by atoms with Gasteiger partial charge in [0.2, 0.25) is 0 Å². The molecule has 5 nitrogen and oxygen atoms in total. The molecule has 148 valence electrons. The largest absolute Gasteiger partial charge is 0.497 e. The molecular weight excluding hydrogens is 399 g/mol. The molecule has 0 saturated carbocycles. The molecule has 2 aromatic rings. The summed E-state index contributed by atoms with van der Waals surface area (Å²) in [6.07, 6.45) is 0.860. The number of nitrogens with zero attached hydrogens (tertiary/aromatic N) is 2. The summed E-state index contributed by atoms with van der Waals surface area (Å²) < 4.78 is 42.6. The number of amidine groups is 1. The van der Waals surface area contributed by atoms with Gasteiger partial charge < -0.3 is 9.64 Å². The van der Waals surface area contributed by atoms with Crippen molar-refractivity contribution in [1.29, 1.82) is 0 Å². The molecule has 1 fully saturated rings. The van der Waals surface area contributed by atoms with Crippen LogP contribution in [0, 0.1) is 5.82 Å². The Balaban J connectivity index is 1.49. The molecule has 1 saturated heterocycles. The van der Waals surface area contributed by atoms with Crippen LogP contribution in [0.25, 0.3) is 0 Å². The molecule has 2 heterocycles. The number of hydrogen-bond donors (Lipinski definition) is 0. The molecule has 28 heavy (non-hydrogen) atoms. The monoisotopic (exact) mass is 420 g/mol. The Kier molecular flexibility index (Phi) is 5.33. The first-order valence-electron chi connectivity index (χ1n) is 9.04. The molecule has 4 rings (SSSR count). The lowest BCUT2D eigenvalue weighted by atomic mass is 10.1. The Labute approximate surface area is 168 Å². The molecule has 2 aromatic carbocycles. The summed E-state index contributed by atoms with van der Waals surface area (Å²) in [7, 11) is -1.45. The fraction of sp³-hybridized carbons (Fsp3) is 0.350. The van der Waals surface area contributed by atoms with Gasteiger partial charge in [-0.1, -0.05) is 23.9 Å². The second kappa shape index (κ2) is 7.75. The molecule has 0 amide bonds. The van der Waals surface area contributed by atoms with Crippen molar-refractivity contribution in [2.24, 2.45) is 4.99 Å². The lowest BCUT2D eigenvalue weighted by Crippen LogP contribution is -2.39. The van der Waals surface area contributed by atoms with Crippen molar-refractivity contribution < 1.29 is 17.5 Å². The summed E-state index contributed by atoms with van der Waals surface area (Å²) in [6.45, 7) is 0.